The first-order chi connectivity index (χ1) is 9.61. The average Bonchev–Trinajstić information content (AvgIpc) is 2.45. The third kappa shape index (κ3) is 3.60. The standard InChI is InChI=1S/C17H25NO2/c1-13-7-6-10-18(14(13)2)12-16-9-5-4-8-15(16)11-17(19)20-3/h4-5,8-9,13-14H,6-7,10-12H2,1-3H3. The molecule has 2 rings (SSSR count). The van der Waals surface area contributed by atoms with Crippen LogP contribution in [0.25, 0.3) is 0 Å². The van der Waals surface area contributed by atoms with Crippen LogP contribution in [0.15, 0.2) is 24.3 Å². The molecule has 1 fully saturated rings. The van der Waals surface area contributed by atoms with Crippen LogP contribution in [-0.4, -0.2) is 30.6 Å². The average molecular weight is 275 g/mol. The summed E-state index contributed by atoms with van der Waals surface area (Å²) in [6, 6.07) is 8.81. The van der Waals surface area contributed by atoms with E-state index < -0.39 is 0 Å². The molecule has 0 aromatic heterocycles. The largest absolute Gasteiger partial charge is 0.469 e. The highest BCUT2D eigenvalue weighted by Gasteiger charge is 2.25. The van der Waals surface area contributed by atoms with Gasteiger partial charge in [0, 0.05) is 12.6 Å². The van der Waals surface area contributed by atoms with Gasteiger partial charge in [0.05, 0.1) is 13.5 Å². The highest BCUT2D eigenvalue weighted by atomic mass is 16.5. The van der Waals surface area contributed by atoms with E-state index in [1.807, 2.05) is 18.2 Å². The fourth-order valence-electron chi connectivity index (χ4n) is 2.97. The molecule has 1 saturated heterocycles. The minimum Gasteiger partial charge on any atom is -0.469 e. The Bertz CT molecular complexity index is 458. The first-order valence-corrected chi connectivity index (χ1v) is 7.49. The Labute approximate surface area is 121 Å². The molecule has 110 valence electrons. The lowest BCUT2D eigenvalue weighted by molar-refractivity contribution is -0.139. The summed E-state index contributed by atoms with van der Waals surface area (Å²) in [4.78, 5) is 14.0. The minimum atomic E-state index is -0.169. The number of benzene rings is 1. The predicted molar refractivity (Wildman–Crippen MR) is 80.4 cm³/mol. The molecule has 2 atom stereocenters. The van der Waals surface area contributed by atoms with Gasteiger partial charge in [-0.15, -0.1) is 0 Å². The summed E-state index contributed by atoms with van der Waals surface area (Å²) in [7, 11) is 1.44. The van der Waals surface area contributed by atoms with E-state index in [4.69, 9.17) is 4.74 Å². The van der Waals surface area contributed by atoms with E-state index in [0.717, 1.165) is 24.6 Å². The second kappa shape index (κ2) is 6.89. The molecule has 1 aliphatic rings. The summed E-state index contributed by atoms with van der Waals surface area (Å²) in [5.74, 6) is 0.578. The zero-order valence-corrected chi connectivity index (χ0v) is 12.8. The van der Waals surface area contributed by atoms with Gasteiger partial charge in [-0.1, -0.05) is 31.2 Å². The smallest absolute Gasteiger partial charge is 0.309 e. The lowest BCUT2D eigenvalue weighted by Gasteiger charge is -2.38. The van der Waals surface area contributed by atoms with E-state index in [2.05, 4.69) is 24.8 Å². The molecule has 0 N–H and O–H groups in total. The van der Waals surface area contributed by atoms with Crippen LogP contribution in [0.1, 0.15) is 37.8 Å². The number of carbonyl (C=O) groups is 1. The van der Waals surface area contributed by atoms with E-state index in [9.17, 15) is 4.79 Å². The topological polar surface area (TPSA) is 29.5 Å². The molecule has 1 aromatic carbocycles. The lowest BCUT2D eigenvalue weighted by Crippen LogP contribution is -2.41. The second-order valence-corrected chi connectivity index (χ2v) is 5.85. The molecule has 1 aromatic rings. The first kappa shape index (κ1) is 15.0. The maximum absolute atomic E-state index is 11.5. The Morgan fingerprint density at radius 2 is 2.00 bits per heavy atom. The van der Waals surface area contributed by atoms with Gasteiger partial charge in [0.2, 0.25) is 0 Å². The fourth-order valence-corrected chi connectivity index (χ4v) is 2.97. The van der Waals surface area contributed by atoms with Gasteiger partial charge in [0.15, 0.2) is 0 Å². The monoisotopic (exact) mass is 275 g/mol. The highest BCUT2D eigenvalue weighted by Crippen LogP contribution is 2.25. The van der Waals surface area contributed by atoms with E-state index in [0.29, 0.717) is 12.5 Å². The summed E-state index contributed by atoms with van der Waals surface area (Å²) >= 11 is 0. The van der Waals surface area contributed by atoms with Crippen LogP contribution in [0.5, 0.6) is 0 Å². The van der Waals surface area contributed by atoms with Gasteiger partial charge in [-0.3, -0.25) is 9.69 Å². The number of carbonyl (C=O) groups excluding carboxylic acids is 1. The quantitative estimate of drug-likeness (QED) is 0.791. The van der Waals surface area contributed by atoms with Crippen LogP contribution in [-0.2, 0) is 22.5 Å². The van der Waals surface area contributed by atoms with Gasteiger partial charge in [-0.25, -0.2) is 0 Å². The van der Waals surface area contributed by atoms with Crippen molar-refractivity contribution in [2.75, 3.05) is 13.7 Å². The Balaban J connectivity index is 2.10. The number of hydrogen-bond acceptors (Lipinski definition) is 3. The summed E-state index contributed by atoms with van der Waals surface area (Å²) in [6.07, 6.45) is 2.95. The number of methoxy groups -OCH3 is 1. The Hall–Kier alpha value is -1.35. The summed E-state index contributed by atoms with van der Waals surface area (Å²) in [5, 5.41) is 0. The number of likely N-dealkylation sites (tertiary alicyclic amines) is 1. The van der Waals surface area contributed by atoms with Gasteiger partial charge in [0.25, 0.3) is 0 Å². The van der Waals surface area contributed by atoms with Crippen LogP contribution < -0.4 is 0 Å². The van der Waals surface area contributed by atoms with Crippen LogP contribution in [0.3, 0.4) is 0 Å². The zero-order chi connectivity index (χ0) is 14.5. The second-order valence-electron chi connectivity index (χ2n) is 5.85. The molecule has 0 spiro atoms. The number of piperidine rings is 1. The van der Waals surface area contributed by atoms with Crippen LogP contribution in [0, 0.1) is 5.92 Å². The van der Waals surface area contributed by atoms with Crippen molar-refractivity contribution < 1.29 is 9.53 Å². The normalized spacial score (nSPS) is 23.6. The summed E-state index contributed by atoms with van der Waals surface area (Å²) in [5.41, 5.74) is 2.34. The molecule has 1 heterocycles. The molecule has 2 unspecified atom stereocenters. The van der Waals surface area contributed by atoms with E-state index >= 15 is 0 Å². The van der Waals surface area contributed by atoms with Crippen LogP contribution in [0.2, 0.25) is 0 Å². The molecule has 20 heavy (non-hydrogen) atoms. The Morgan fingerprint density at radius 3 is 2.70 bits per heavy atom. The molecule has 3 heteroatoms. The number of esters is 1. The van der Waals surface area contributed by atoms with Crippen molar-refractivity contribution >= 4 is 5.97 Å². The molecular formula is C17H25NO2. The van der Waals surface area contributed by atoms with E-state index in [-0.39, 0.29) is 5.97 Å². The van der Waals surface area contributed by atoms with Crippen molar-refractivity contribution in [2.24, 2.45) is 5.92 Å². The first-order valence-electron chi connectivity index (χ1n) is 7.49. The van der Waals surface area contributed by atoms with Gasteiger partial charge in [0.1, 0.15) is 0 Å². The van der Waals surface area contributed by atoms with Gasteiger partial charge in [-0.2, -0.15) is 0 Å². The summed E-state index contributed by atoms with van der Waals surface area (Å²) in [6.45, 7) is 6.72. The third-order valence-electron chi connectivity index (χ3n) is 4.56. The van der Waals surface area contributed by atoms with Crippen molar-refractivity contribution in [3.05, 3.63) is 35.4 Å². The van der Waals surface area contributed by atoms with Crippen molar-refractivity contribution in [3.8, 4) is 0 Å². The van der Waals surface area contributed by atoms with Gasteiger partial charge in [-0.05, 0) is 43.4 Å². The lowest BCUT2D eigenvalue weighted by atomic mass is 9.91. The highest BCUT2D eigenvalue weighted by molar-refractivity contribution is 5.72. The minimum absolute atomic E-state index is 0.169. The molecular weight excluding hydrogens is 250 g/mol. The van der Waals surface area contributed by atoms with Gasteiger partial charge >= 0.3 is 5.97 Å². The SMILES string of the molecule is COC(=O)Cc1ccccc1CN1CCCC(C)C1C. The summed E-state index contributed by atoms with van der Waals surface area (Å²) < 4.78 is 4.78. The molecule has 3 nitrogen and oxygen atoms in total. The van der Waals surface area contributed by atoms with Crippen LogP contribution >= 0.6 is 0 Å². The number of rotatable bonds is 4. The zero-order valence-electron chi connectivity index (χ0n) is 12.8. The third-order valence-corrected chi connectivity index (χ3v) is 4.56. The molecule has 0 radical (unpaired) electrons. The molecule has 0 saturated carbocycles. The number of ether oxygens (including phenoxy) is 1. The predicted octanol–water partition coefficient (Wildman–Crippen LogP) is 3.02. The van der Waals surface area contributed by atoms with Crippen molar-refractivity contribution in [2.45, 2.75) is 45.7 Å². The van der Waals surface area contributed by atoms with Gasteiger partial charge < -0.3 is 4.74 Å². The molecule has 1 aliphatic heterocycles. The number of hydrogen-bond donors (Lipinski definition) is 0. The van der Waals surface area contributed by atoms with Crippen molar-refractivity contribution in [3.63, 3.8) is 0 Å². The fraction of sp³-hybridized carbons (Fsp3) is 0.588. The van der Waals surface area contributed by atoms with Crippen molar-refractivity contribution in [1.82, 2.24) is 4.90 Å². The molecule has 0 bridgehead atoms. The number of nitrogens with zero attached hydrogens (tertiary/aromatic N) is 1. The van der Waals surface area contributed by atoms with Crippen LogP contribution in [0.4, 0.5) is 0 Å². The molecule has 0 amide bonds. The van der Waals surface area contributed by atoms with Crippen molar-refractivity contribution in [1.29, 1.82) is 0 Å². The maximum atomic E-state index is 11.5. The van der Waals surface area contributed by atoms with E-state index in [1.165, 1.54) is 25.5 Å². The Morgan fingerprint density at radius 1 is 1.30 bits per heavy atom. The Kier molecular flexibility index (Phi) is 5.18. The maximum Gasteiger partial charge on any atom is 0.309 e. The van der Waals surface area contributed by atoms with E-state index in [1.54, 1.807) is 0 Å². The molecule has 0 aliphatic carbocycles.